The summed E-state index contributed by atoms with van der Waals surface area (Å²) in [6.07, 6.45) is 8.00. The van der Waals surface area contributed by atoms with Gasteiger partial charge in [0, 0.05) is 39.3 Å². The highest BCUT2D eigenvalue weighted by molar-refractivity contribution is 5.43. The molecule has 0 amide bonds. The fraction of sp³-hybridized carbons (Fsp3) is 0.636. The molecule has 1 unspecified atom stereocenters. The number of benzene rings is 1. The molecule has 0 spiro atoms. The van der Waals surface area contributed by atoms with Gasteiger partial charge in [-0.25, -0.2) is 0 Å². The quantitative estimate of drug-likeness (QED) is 0.688. The lowest BCUT2D eigenvalue weighted by atomic mass is 10.1. The van der Waals surface area contributed by atoms with Gasteiger partial charge in [0.25, 0.3) is 0 Å². The highest BCUT2D eigenvalue weighted by Gasteiger charge is 2.34. The van der Waals surface area contributed by atoms with Crippen molar-refractivity contribution in [1.29, 1.82) is 0 Å². The van der Waals surface area contributed by atoms with Crippen molar-refractivity contribution in [2.45, 2.75) is 44.1 Å². The zero-order valence-electron chi connectivity index (χ0n) is 16.8. The van der Waals surface area contributed by atoms with E-state index >= 15 is 0 Å². The summed E-state index contributed by atoms with van der Waals surface area (Å²) in [4.78, 5) is 4.71. The minimum Gasteiger partial charge on any atom is -0.493 e. The second-order valence-electron chi connectivity index (χ2n) is 8.12. The van der Waals surface area contributed by atoms with E-state index in [1.165, 1.54) is 5.56 Å². The molecular formula is C22H32N2O4. The predicted octanol–water partition coefficient (Wildman–Crippen LogP) is 2.06. The Balaban J connectivity index is 1.31. The van der Waals surface area contributed by atoms with Gasteiger partial charge in [-0.2, -0.15) is 0 Å². The molecule has 0 saturated carbocycles. The van der Waals surface area contributed by atoms with Crippen molar-refractivity contribution in [3.63, 3.8) is 0 Å². The Hall–Kier alpha value is -1.60. The number of likely N-dealkylation sites (tertiary alicyclic amines) is 1. The number of fused-ring (bicyclic) bond motifs is 2. The largest absolute Gasteiger partial charge is 0.493 e. The Labute approximate surface area is 167 Å². The molecule has 6 heteroatoms. The smallest absolute Gasteiger partial charge is 0.161 e. The molecule has 3 aliphatic heterocycles. The van der Waals surface area contributed by atoms with E-state index in [1.54, 1.807) is 7.11 Å². The minimum atomic E-state index is -0.530. The average molecular weight is 389 g/mol. The van der Waals surface area contributed by atoms with Crippen molar-refractivity contribution < 1.29 is 19.3 Å². The molecule has 2 bridgehead atoms. The first kappa shape index (κ1) is 19.7. The van der Waals surface area contributed by atoms with E-state index in [0.717, 1.165) is 52.0 Å². The molecule has 1 aromatic rings. The first-order chi connectivity index (χ1) is 13.7. The summed E-state index contributed by atoms with van der Waals surface area (Å²) < 4.78 is 17.3. The van der Waals surface area contributed by atoms with Crippen LogP contribution in [0, 0.1) is 0 Å². The second kappa shape index (κ2) is 9.27. The van der Waals surface area contributed by atoms with Crippen molar-refractivity contribution in [2.24, 2.45) is 0 Å². The molecule has 1 aromatic carbocycles. The Bertz CT molecular complexity index is 669. The molecule has 0 aromatic heterocycles. The van der Waals surface area contributed by atoms with E-state index in [-0.39, 0.29) is 6.61 Å². The standard InChI is InChI=1S/C22H32N2O4/c1-26-21-8-5-17(12-23-9-3-2-4-10-23)11-22(21)27-16-18(25)13-24-14-19-6-7-20(15-24)28-19/h2-3,5,8,11,18-20,25H,4,6-7,9-10,12-16H2,1H3/t18?,19-,20+. The number of morpholine rings is 1. The maximum Gasteiger partial charge on any atom is 0.161 e. The summed E-state index contributed by atoms with van der Waals surface area (Å²) in [6.45, 7) is 5.68. The normalized spacial score (nSPS) is 26.4. The molecule has 3 heterocycles. The molecule has 2 fully saturated rings. The number of rotatable bonds is 8. The minimum absolute atomic E-state index is 0.263. The molecule has 0 radical (unpaired) electrons. The lowest BCUT2D eigenvalue weighted by Gasteiger charge is -2.33. The molecule has 3 atom stereocenters. The van der Waals surface area contributed by atoms with Gasteiger partial charge in [-0.05, 0) is 37.0 Å². The summed E-state index contributed by atoms with van der Waals surface area (Å²) in [6, 6.07) is 6.08. The number of aliphatic hydroxyl groups is 1. The zero-order chi connectivity index (χ0) is 19.3. The van der Waals surface area contributed by atoms with E-state index in [1.807, 2.05) is 12.1 Å². The fourth-order valence-corrected chi connectivity index (χ4v) is 4.41. The van der Waals surface area contributed by atoms with Crippen molar-refractivity contribution in [1.82, 2.24) is 9.80 Å². The van der Waals surface area contributed by atoms with Gasteiger partial charge in [-0.1, -0.05) is 18.2 Å². The van der Waals surface area contributed by atoms with Crippen LogP contribution in [0.2, 0.25) is 0 Å². The predicted molar refractivity (Wildman–Crippen MR) is 108 cm³/mol. The topological polar surface area (TPSA) is 54.4 Å². The fourth-order valence-electron chi connectivity index (χ4n) is 4.41. The van der Waals surface area contributed by atoms with Crippen molar-refractivity contribution in [3.8, 4) is 11.5 Å². The van der Waals surface area contributed by atoms with Gasteiger partial charge in [0.2, 0.25) is 0 Å². The van der Waals surface area contributed by atoms with Crippen LogP contribution in [0.25, 0.3) is 0 Å². The summed E-state index contributed by atoms with van der Waals surface area (Å²) >= 11 is 0. The molecule has 2 saturated heterocycles. The molecule has 0 aliphatic carbocycles. The summed E-state index contributed by atoms with van der Waals surface area (Å²) in [5.74, 6) is 1.41. The molecule has 6 nitrogen and oxygen atoms in total. The van der Waals surface area contributed by atoms with Crippen LogP contribution >= 0.6 is 0 Å². The number of β-amino-alcohol motifs (C(OH)–C–C–N with tert-alkyl or cyclic N) is 1. The Kier molecular flexibility index (Phi) is 6.52. The van der Waals surface area contributed by atoms with Crippen molar-refractivity contribution in [3.05, 3.63) is 35.9 Å². The van der Waals surface area contributed by atoms with Crippen molar-refractivity contribution in [2.75, 3.05) is 46.4 Å². The van der Waals surface area contributed by atoms with Gasteiger partial charge in [-0.3, -0.25) is 9.80 Å². The molecule has 1 N–H and O–H groups in total. The van der Waals surface area contributed by atoms with Crippen LogP contribution in [0.3, 0.4) is 0 Å². The molecular weight excluding hydrogens is 356 g/mol. The van der Waals surface area contributed by atoms with Gasteiger partial charge in [-0.15, -0.1) is 0 Å². The van der Waals surface area contributed by atoms with Crippen LogP contribution in [0.15, 0.2) is 30.4 Å². The van der Waals surface area contributed by atoms with Crippen LogP contribution < -0.4 is 9.47 Å². The zero-order valence-corrected chi connectivity index (χ0v) is 16.8. The van der Waals surface area contributed by atoms with Crippen molar-refractivity contribution >= 4 is 0 Å². The van der Waals surface area contributed by atoms with Crippen LogP contribution in [0.4, 0.5) is 0 Å². The summed E-state index contributed by atoms with van der Waals surface area (Å²) in [7, 11) is 1.65. The maximum absolute atomic E-state index is 10.5. The van der Waals surface area contributed by atoms with Gasteiger partial charge >= 0.3 is 0 Å². The average Bonchev–Trinajstić information content (AvgIpc) is 3.05. The number of hydrogen-bond acceptors (Lipinski definition) is 6. The molecule has 28 heavy (non-hydrogen) atoms. The van der Waals surface area contributed by atoms with Crippen LogP contribution in [0.1, 0.15) is 24.8 Å². The van der Waals surface area contributed by atoms with E-state index in [2.05, 4.69) is 28.0 Å². The third-order valence-electron chi connectivity index (χ3n) is 5.80. The Morgan fingerprint density at radius 2 is 1.96 bits per heavy atom. The van der Waals surface area contributed by atoms with E-state index in [9.17, 15) is 5.11 Å². The molecule has 4 rings (SSSR count). The lowest BCUT2D eigenvalue weighted by Crippen LogP contribution is -2.46. The lowest BCUT2D eigenvalue weighted by molar-refractivity contribution is -0.0529. The van der Waals surface area contributed by atoms with Crippen LogP contribution in [-0.4, -0.2) is 79.7 Å². The van der Waals surface area contributed by atoms with Gasteiger partial charge < -0.3 is 19.3 Å². The number of nitrogens with zero attached hydrogens (tertiary/aromatic N) is 2. The highest BCUT2D eigenvalue weighted by Crippen LogP contribution is 2.29. The summed E-state index contributed by atoms with van der Waals surface area (Å²) in [5.41, 5.74) is 1.20. The second-order valence-corrected chi connectivity index (χ2v) is 8.12. The number of methoxy groups -OCH3 is 1. The maximum atomic E-state index is 10.5. The molecule has 3 aliphatic rings. The number of aliphatic hydroxyl groups excluding tert-OH is 1. The monoisotopic (exact) mass is 388 g/mol. The first-order valence-electron chi connectivity index (χ1n) is 10.4. The Morgan fingerprint density at radius 1 is 1.14 bits per heavy atom. The van der Waals surface area contributed by atoms with Gasteiger partial charge in [0.1, 0.15) is 12.7 Å². The van der Waals surface area contributed by atoms with E-state index in [0.29, 0.717) is 30.3 Å². The SMILES string of the molecule is COc1ccc(CN2CC=CCC2)cc1OCC(O)CN1C[C@H]2CC[C@@H](C1)O2. The van der Waals surface area contributed by atoms with E-state index in [4.69, 9.17) is 14.2 Å². The third-order valence-corrected chi connectivity index (χ3v) is 5.80. The third kappa shape index (κ3) is 5.06. The van der Waals surface area contributed by atoms with Gasteiger partial charge in [0.15, 0.2) is 11.5 Å². The molecule has 154 valence electrons. The van der Waals surface area contributed by atoms with Crippen LogP contribution in [0.5, 0.6) is 11.5 Å². The number of hydrogen-bond donors (Lipinski definition) is 1. The van der Waals surface area contributed by atoms with E-state index < -0.39 is 6.10 Å². The van der Waals surface area contributed by atoms with Crippen LogP contribution in [-0.2, 0) is 11.3 Å². The number of ether oxygens (including phenoxy) is 3. The Morgan fingerprint density at radius 3 is 2.68 bits per heavy atom. The highest BCUT2D eigenvalue weighted by atomic mass is 16.5. The first-order valence-corrected chi connectivity index (χ1v) is 10.4. The van der Waals surface area contributed by atoms with Gasteiger partial charge in [0.05, 0.1) is 19.3 Å². The summed E-state index contributed by atoms with van der Waals surface area (Å²) in [5, 5.41) is 10.5.